The van der Waals surface area contributed by atoms with Gasteiger partial charge in [-0.2, -0.15) is 10.1 Å². The van der Waals surface area contributed by atoms with Gasteiger partial charge in [-0.25, -0.2) is 0 Å². The van der Waals surface area contributed by atoms with Gasteiger partial charge in [0.25, 0.3) is 0 Å². The van der Waals surface area contributed by atoms with Crippen LogP contribution >= 0.6 is 23.2 Å². The van der Waals surface area contributed by atoms with Crippen molar-refractivity contribution in [2.45, 2.75) is 20.0 Å². The number of ether oxygens (including phenoxy) is 1. The standard InChI is InChI=1S/C18H17Cl2N5O/c1-11(2)26-16-6-4-3-5-14(16)23-18-24-17(10-21-25-18)22-15-9-12(19)7-8-13(15)20/h3-11H,1-2H3,(H2,22,23,24,25). The van der Waals surface area contributed by atoms with Crippen molar-refractivity contribution in [3.8, 4) is 5.75 Å². The summed E-state index contributed by atoms with van der Waals surface area (Å²) in [4.78, 5) is 4.40. The fourth-order valence-electron chi connectivity index (χ4n) is 2.20. The fraction of sp³-hybridized carbons (Fsp3) is 0.167. The average molecular weight is 390 g/mol. The third-order valence-electron chi connectivity index (χ3n) is 3.25. The van der Waals surface area contributed by atoms with Crippen LogP contribution in [0.1, 0.15) is 13.8 Å². The van der Waals surface area contributed by atoms with Crippen molar-refractivity contribution < 1.29 is 4.74 Å². The Labute approximate surface area is 161 Å². The van der Waals surface area contributed by atoms with E-state index in [-0.39, 0.29) is 6.10 Å². The normalized spacial score (nSPS) is 10.7. The van der Waals surface area contributed by atoms with E-state index in [0.29, 0.717) is 33.2 Å². The average Bonchev–Trinajstić information content (AvgIpc) is 2.60. The van der Waals surface area contributed by atoms with Crippen LogP contribution in [-0.2, 0) is 0 Å². The summed E-state index contributed by atoms with van der Waals surface area (Å²) in [6.45, 7) is 3.93. The molecule has 0 bridgehead atoms. The molecule has 0 spiro atoms. The van der Waals surface area contributed by atoms with Crippen LogP contribution in [0.15, 0.2) is 48.7 Å². The first kappa shape index (κ1) is 18.2. The Morgan fingerprint density at radius 3 is 2.62 bits per heavy atom. The number of rotatable bonds is 6. The first-order valence-electron chi connectivity index (χ1n) is 7.96. The Bertz CT molecular complexity index is 904. The molecule has 1 aromatic heterocycles. The highest BCUT2D eigenvalue weighted by molar-refractivity contribution is 6.35. The zero-order valence-electron chi connectivity index (χ0n) is 14.2. The topological polar surface area (TPSA) is 72.0 Å². The molecule has 0 aliphatic heterocycles. The van der Waals surface area contributed by atoms with Gasteiger partial charge in [0, 0.05) is 5.02 Å². The number of nitrogens with one attached hydrogen (secondary N) is 2. The third kappa shape index (κ3) is 4.74. The molecular formula is C18H17Cl2N5O. The molecule has 6 nitrogen and oxygen atoms in total. The lowest BCUT2D eigenvalue weighted by Gasteiger charge is -2.15. The molecule has 0 unspecified atom stereocenters. The van der Waals surface area contributed by atoms with E-state index in [2.05, 4.69) is 25.8 Å². The summed E-state index contributed by atoms with van der Waals surface area (Å²) >= 11 is 12.2. The molecule has 0 fully saturated rings. The molecule has 0 saturated carbocycles. The zero-order chi connectivity index (χ0) is 18.5. The van der Waals surface area contributed by atoms with Crippen molar-refractivity contribution >= 4 is 46.3 Å². The number of aromatic nitrogens is 3. The largest absolute Gasteiger partial charge is 0.489 e. The smallest absolute Gasteiger partial charge is 0.249 e. The van der Waals surface area contributed by atoms with Crippen LogP contribution in [0.25, 0.3) is 0 Å². The monoisotopic (exact) mass is 389 g/mol. The molecule has 2 aromatic carbocycles. The highest BCUT2D eigenvalue weighted by Crippen LogP contribution is 2.29. The van der Waals surface area contributed by atoms with Crippen LogP contribution in [0, 0.1) is 0 Å². The second kappa shape index (κ2) is 8.21. The zero-order valence-corrected chi connectivity index (χ0v) is 15.7. The maximum atomic E-state index is 6.17. The number of hydrogen-bond acceptors (Lipinski definition) is 6. The van der Waals surface area contributed by atoms with Crippen LogP contribution in [-0.4, -0.2) is 21.3 Å². The second-order valence-corrected chi connectivity index (χ2v) is 6.55. The van der Waals surface area contributed by atoms with E-state index in [1.165, 1.54) is 6.20 Å². The quantitative estimate of drug-likeness (QED) is 0.583. The van der Waals surface area contributed by atoms with Gasteiger partial charge >= 0.3 is 0 Å². The summed E-state index contributed by atoms with van der Waals surface area (Å²) in [5.74, 6) is 1.52. The van der Waals surface area contributed by atoms with Gasteiger partial charge in [-0.05, 0) is 44.2 Å². The summed E-state index contributed by atoms with van der Waals surface area (Å²) in [6.07, 6.45) is 1.55. The lowest BCUT2D eigenvalue weighted by molar-refractivity contribution is 0.244. The van der Waals surface area contributed by atoms with Crippen LogP contribution in [0.3, 0.4) is 0 Å². The van der Waals surface area contributed by atoms with E-state index in [9.17, 15) is 0 Å². The molecule has 8 heteroatoms. The van der Waals surface area contributed by atoms with E-state index in [1.807, 2.05) is 38.1 Å². The SMILES string of the molecule is CC(C)Oc1ccccc1Nc1nncc(Nc2cc(Cl)ccc2Cl)n1. The molecule has 0 aliphatic carbocycles. The van der Waals surface area contributed by atoms with E-state index in [4.69, 9.17) is 27.9 Å². The van der Waals surface area contributed by atoms with Crippen molar-refractivity contribution in [1.82, 2.24) is 15.2 Å². The first-order chi connectivity index (χ1) is 12.5. The minimum Gasteiger partial charge on any atom is -0.489 e. The minimum absolute atomic E-state index is 0.0509. The molecule has 1 heterocycles. The third-order valence-corrected chi connectivity index (χ3v) is 3.81. The highest BCUT2D eigenvalue weighted by Gasteiger charge is 2.09. The van der Waals surface area contributed by atoms with Gasteiger partial charge in [-0.1, -0.05) is 35.3 Å². The van der Waals surface area contributed by atoms with Gasteiger partial charge in [0.05, 0.1) is 28.7 Å². The number of halogens is 2. The van der Waals surface area contributed by atoms with Crippen molar-refractivity contribution in [1.29, 1.82) is 0 Å². The Hall–Kier alpha value is -2.57. The van der Waals surface area contributed by atoms with Gasteiger partial charge in [0.15, 0.2) is 5.82 Å². The molecular weight excluding hydrogens is 373 g/mol. The van der Waals surface area contributed by atoms with Crippen molar-refractivity contribution in [3.63, 3.8) is 0 Å². The molecule has 26 heavy (non-hydrogen) atoms. The van der Waals surface area contributed by atoms with E-state index in [0.717, 1.165) is 5.69 Å². The number of anilines is 4. The van der Waals surface area contributed by atoms with Crippen LogP contribution in [0.2, 0.25) is 10.0 Å². The fourth-order valence-corrected chi connectivity index (χ4v) is 2.53. The number of benzene rings is 2. The second-order valence-electron chi connectivity index (χ2n) is 5.70. The van der Waals surface area contributed by atoms with E-state index >= 15 is 0 Å². The number of para-hydroxylation sites is 2. The number of hydrogen-bond donors (Lipinski definition) is 2. The van der Waals surface area contributed by atoms with Crippen LogP contribution in [0.4, 0.5) is 23.1 Å². The van der Waals surface area contributed by atoms with Crippen molar-refractivity contribution in [2.75, 3.05) is 10.6 Å². The molecule has 0 saturated heterocycles. The Kier molecular flexibility index (Phi) is 5.75. The molecule has 3 rings (SSSR count). The molecule has 3 aromatic rings. The predicted molar refractivity (Wildman–Crippen MR) is 105 cm³/mol. The van der Waals surface area contributed by atoms with Gasteiger partial charge in [-0.15, -0.1) is 5.10 Å². The maximum Gasteiger partial charge on any atom is 0.249 e. The summed E-state index contributed by atoms with van der Waals surface area (Å²) in [7, 11) is 0. The Morgan fingerprint density at radius 1 is 1.00 bits per heavy atom. The summed E-state index contributed by atoms with van der Waals surface area (Å²) in [5, 5.41) is 15.3. The van der Waals surface area contributed by atoms with Crippen molar-refractivity contribution in [2.24, 2.45) is 0 Å². The van der Waals surface area contributed by atoms with Crippen LogP contribution < -0.4 is 15.4 Å². The maximum absolute atomic E-state index is 6.17. The molecule has 0 radical (unpaired) electrons. The van der Waals surface area contributed by atoms with E-state index in [1.54, 1.807) is 18.2 Å². The van der Waals surface area contributed by atoms with Crippen molar-refractivity contribution in [3.05, 3.63) is 58.7 Å². The Morgan fingerprint density at radius 2 is 1.81 bits per heavy atom. The summed E-state index contributed by atoms with van der Waals surface area (Å²) in [5.41, 5.74) is 1.38. The predicted octanol–water partition coefficient (Wildman–Crippen LogP) is 5.45. The van der Waals surface area contributed by atoms with Gasteiger partial charge < -0.3 is 15.4 Å². The number of nitrogens with zero attached hydrogens (tertiary/aromatic N) is 3. The molecule has 0 aliphatic rings. The lowest BCUT2D eigenvalue weighted by Crippen LogP contribution is -2.08. The first-order valence-corrected chi connectivity index (χ1v) is 8.71. The molecule has 0 atom stereocenters. The highest BCUT2D eigenvalue weighted by atomic mass is 35.5. The van der Waals surface area contributed by atoms with Gasteiger partial charge in [0.1, 0.15) is 5.75 Å². The van der Waals surface area contributed by atoms with Crippen LogP contribution in [0.5, 0.6) is 5.75 Å². The molecule has 0 amide bonds. The van der Waals surface area contributed by atoms with Gasteiger partial charge in [-0.3, -0.25) is 0 Å². The van der Waals surface area contributed by atoms with Gasteiger partial charge in [0.2, 0.25) is 5.95 Å². The Balaban J connectivity index is 1.81. The minimum atomic E-state index is 0.0509. The van der Waals surface area contributed by atoms with E-state index < -0.39 is 0 Å². The molecule has 134 valence electrons. The summed E-state index contributed by atoms with van der Waals surface area (Å²) < 4.78 is 5.79. The molecule has 2 N–H and O–H groups in total. The lowest BCUT2D eigenvalue weighted by atomic mass is 10.3. The summed E-state index contributed by atoms with van der Waals surface area (Å²) in [6, 6.07) is 12.7.